The van der Waals surface area contributed by atoms with Crippen LogP contribution in [0.1, 0.15) is 69.8 Å². The molecule has 0 N–H and O–H groups in total. The SMILES string of the molecule is CC.Cn1c(CCCC2CCCC2)nnc1C1=CCN=CC=C1.Cn1c(COCC(F)(F)F)nnc1-c1cccnc1. The van der Waals surface area contributed by atoms with Gasteiger partial charge in [-0.2, -0.15) is 13.2 Å². The number of rotatable bonds is 9. The van der Waals surface area contributed by atoms with Gasteiger partial charge >= 0.3 is 6.18 Å². The minimum absolute atomic E-state index is 0.247. The first-order chi connectivity index (χ1) is 20.3. The van der Waals surface area contributed by atoms with Crippen LogP contribution < -0.4 is 0 Å². The lowest BCUT2D eigenvalue weighted by molar-refractivity contribution is -0.177. The van der Waals surface area contributed by atoms with Crippen molar-refractivity contribution in [3.05, 3.63) is 60.2 Å². The molecule has 0 saturated heterocycles. The Hall–Kier alpha value is -3.67. The number of aromatic nitrogens is 7. The van der Waals surface area contributed by atoms with Crippen LogP contribution in [0.15, 0.2) is 47.7 Å². The van der Waals surface area contributed by atoms with Crippen molar-refractivity contribution >= 4 is 11.8 Å². The first kappa shape index (κ1) is 32.8. The number of alkyl halides is 3. The topological polar surface area (TPSA) is 95.9 Å². The number of nitrogens with zero attached hydrogens (tertiary/aromatic N) is 8. The van der Waals surface area contributed by atoms with Crippen molar-refractivity contribution in [2.75, 3.05) is 13.2 Å². The Morgan fingerprint density at radius 3 is 2.40 bits per heavy atom. The van der Waals surface area contributed by atoms with Crippen LogP contribution in [0.3, 0.4) is 0 Å². The first-order valence-electron chi connectivity index (χ1n) is 14.5. The Bertz CT molecular complexity index is 1310. The number of hydrogen-bond acceptors (Lipinski definition) is 7. The maximum absolute atomic E-state index is 12.0. The highest BCUT2D eigenvalue weighted by atomic mass is 19.4. The number of allylic oxidation sites excluding steroid dienone is 3. The van der Waals surface area contributed by atoms with Gasteiger partial charge in [0.2, 0.25) is 0 Å². The number of ether oxygens (including phenoxy) is 1. The number of hydrogen-bond donors (Lipinski definition) is 0. The Balaban J connectivity index is 0.000000219. The molecule has 4 heterocycles. The van der Waals surface area contributed by atoms with Crippen LogP contribution in [0, 0.1) is 5.92 Å². The van der Waals surface area contributed by atoms with Crippen LogP contribution in [0.5, 0.6) is 0 Å². The van der Waals surface area contributed by atoms with Crippen molar-refractivity contribution in [1.29, 1.82) is 0 Å². The molecule has 0 spiro atoms. The van der Waals surface area contributed by atoms with E-state index in [9.17, 15) is 13.2 Å². The third-order valence-corrected chi connectivity index (χ3v) is 6.98. The van der Waals surface area contributed by atoms with Gasteiger partial charge in [0.15, 0.2) is 17.5 Å². The molecular formula is C30H41F3N8O. The Labute approximate surface area is 245 Å². The van der Waals surface area contributed by atoms with E-state index in [1.807, 2.05) is 26.1 Å². The van der Waals surface area contributed by atoms with E-state index in [1.165, 1.54) is 38.5 Å². The smallest absolute Gasteiger partial charge is 0.364 e. The van der Waals surface area contributed by atoms with E-state index in [2.05, 4.69) is 58.9 Å². The van der Waals surface area contributed by atoms with Crippen molar-refractivity contribution in [3.8, 4) is 11.4 Å². The summed E-state index contributed by atoms with van der Waals surface area (Å²) in [5.74, 6) is 3.86. The maximum atomic E-state index is 12.0. The molecule has 0 bridgehead atoms. The largest absolute Gasteiger partial charge is 0.411 e. The van der Waals surface area contributed by atoms with Gasteiger partial charge in [0, 0.05) is 50.3 Å². The molecule has 0 unspecified atom stereocenters. The molecule has 42 heavy (non-hydrogen) atoms. The van der Waals surface area contributed by atoms with Crippen LogP contribution in [-0.2, 0) is 31.9 Å². The Morgan fingerprint density at radius 1 is 0.976 bits per heavy atom. The van der Waals surface area contributed by atoms with Crippen molar-refractivity contribution in [3.63, 3.8) is 0 Å². The quantitative estimate of drug-likeness (QED) is 0.291. The van der Waals surface area contributed by atoms with Crippen molar-refractivity contribution < 1.29 is 17.9 Å². The Kier molecular flexibility index (Phi) is 13.1. The number of halogens is 3. The third kappa shape index (κ3) is 10.0. The molecule has 0 amide bonds. The number of pyridine rings is 1. The molecule has 1 fully saturated rings. The van der Waals surface area contributed by atoms with E-state index < -0.39 is 12.8 Å². The lowest BCUT2D eigenvalue weighted by atomic mass is 10.0. The zero-order valence-electron chi connectivity index (χ0n) is 24.9. The fourth-order valence-corrected chi connectivity index (χ4v) is 4.82. The monoisotopic (exact) mass is 586 g/mol. The highest BCUT2D eigenvalue weighted by Crippen LogP contribution is 2.29. The highest BCUT2D eigenvalue weighted by molar-refractivity contribution is 5.81. The van der Waals surface area contributed by atoms with Crippen LogP contribution in [0.25, 0.3) is 17.0 Å². The summed E-state index contributed by atoms with van der Waals surface area (Å²) < 4.78 is 44.1. The second-order valence-electron chi connectivity index (χ2n) is 9.92. The summed E-state index contributed by atoms with van der Waals surface area (Å²) >= 11 is 0. The second kappa shape index (κ2) is 16.7. The minimum Gasteiger partial charge on any atom is -0.364 e. The Morgan fingerprint density at radius 2 is 1.69 bits per heavy atom. The average Bonchev–Trinajstić information content (AvgIpc) is 3.67. The van der Waals surface area contributed by atoms with E-state index in [0.717, 1.165) is 35.1 Å². The van der Waals surface area contributed by atoms with Gasteiger partial charge in [-0.3, -0.25) is 9.98 Å². The molecule has 0 atom stereocenters. The zero-order chi connectivity index (χ0) is 30.4. The van der Waals surface area contributed by atoms with Crippen LogP contribution in [0.2, 0.25) is 0 Å². The van der Waals surface area contributed by atoms with E-state index in [4.69, 9.17) is 0 Å². The third-order valence-electron chi connectivity index (χ3n) is 6.98. The molecule has 0 radical (unpaired) electrons. The molecule has 12 heteroatoms. The normalized spacial score (nSPS) is 15.0. The molecule has 1 saturated carbocycles. The molecule has 3 aromatic rings. The number of aliphatic imine (C=N–C) groups is 1. The minimum atomic E-state index is -4.34. The summed E-state index contributed by atoms with van der Waals surface area (Å²) in [6.45, 7) is 3.16. The average molecular weight is 587 g/mol. The van der Waals surface area contributed by atoms with Gasteiger partial charge in [0.25, 0.3) is 0 Å². The molecule has 1 aliphatic heterocycles. The van der Waals surface area contributed by atoms with Gasteiger partial charge in [-0.25, -0.2) is 0 Å². The molecule has 228 valence electrons. The molecule has 1 aliphatic carbocycles. The zero-order valence-corrected chi connectivity index (χ0v) is 24.9. The van der Waals surface area contributed by atoms with Crippen LogP contribution in [-0.4, -0.2) is 60.1 Å². The maximum Gasteiger partial charge on any atom is 0.411 e. The van der Waals surface area contributed by atoms with E-state index in [0.29, 0.717) is 18.2 Å². The molecule has 5 rings (SSSR count). The molecule has 0 aromatic carbocycles. The first-order valence-corrected chi connectivity index (χ1v) is 14.5. The van der Waals surface area contributed by atoms with Gasteiger partial charge in [-0.15, -0.1) is 20.4 Å². The standard InChI is InChI=1S/C17H24N4.C11H11F3N4O.C2H6/c1-21-16(10-4-8-14-6-2-3-7-14)19-20-17(21)15-9-5-12-18-13-11-15;1-18-9(6-19-7-11(12,13)14)16-17-10(18)8-3-2-4-15-5-8;1-2/h5,9,11-12,14H,2-4,6-8,10,13H2,1H3;2-5H,6-7H2,1H3;1-2H3. The van der Waals surface area contributed by atoms with Gasteiger partial charge in [0.1, 0.15) is 19.0 Å². The highest BCUT2D eigenvalue weighted by Gasteiger charge is 2.27. The summed E-state index contributed by atoms with van der Waals surface area (Å²) in [6.07, 6.45) is 16.2. The van der Waals surface area contributed by atoms with E-state index in [-0.39, 0.29) is 6.61 Å². The molecule has 2 aliphatic rings. The van der Waals surface area contributed by atoms with Gasteiger partial charge in [-0.05, 0) is 36.6 Å². The van der Waals surface area contributed by atoms with Crippen LogP contribution >= 0.6 is 0 Å². The fraction of sp³-hybridized carbons (Fsp3) is 0.533. The molecular weight excluding hydrogens is 545 g/mol. The fourth-order valence-electron chi connectivity index (χ4n) is 4.82. The van der Waals surface area contributed by atoms with Crippen LogP contribution in [0.4, 0.5) is 13.2 Å². The second-order valence-corrected chi connectivity index (χ2v) is 9.92. The van der Waals surface area contributed by atoms with Crippen molar-refractivity contribution in [1.82, 2.24) is 34.5 Å². The molecule has 9 nitrogen and oxygen atoms in total. The van der Waals surface area contributed by atoms with E-state index >= 15 is 0 Å². The summed E-state index contributed by atoms with van der Waals surface area (Å²) in [5, 5.41) is 16.5. The predicted octanol–water partition coefficient (Wildman–Crippen LogP) is 6.33. The van der Waals surface area contributed by atoms with E-state index in [1.54, 1.807) is 36.1 Å². The summed E-state index contributed by atoms with van der Waals surface area (Å²) in [6, 6.07) is 3.53. The van der Waals surface area contributed by atoms with Gasteiger partial charge < -0.3 is 13.9 Å². The predicted molar refractivity (Wildman–Crippen MR) is 158 cm³/mol. The summed E-state index contributed by atoms with van der Waals surface area (Å²) in [7, 11) is 3.73. The van der Waals surface area contributed by atoms with Crippen molar-refractivity contribution in [2.24, 2.45) is 25.0 Å². The van der Waals surface area contributed by atoms with Gasteiger partial charge in [-0.1, -0.05) is 52.0 Å². The number of aryl methyl sites for hydroxylation is 1. The lowest BCUT2D eigenvalue weighted by Crippen LogP contribution is -2.17. The lowest BCUT2D eigenvalue weighted by Gasteiger charge is -2.08. The molecule has 3 aromatic heterocycles. The van der Waals surface area contributed by atoms with Crippen molar-refractivity contribution in [2.45, 2.75) is 71.6 Å². The summed E-state index contributed by atoms with van der Waals surface area (Å²) in [5.41, 5.74) is 1.85. The van der Waals surface area contributed by atoms with Gasteiger partial charge in [0.05, 0.1) is 6.54 Å². The summed E-state index contributed by atoms with van der Waals surface area (Å²) in [4.78, 5) is 8.18.